The molecule has 1 N–H and O–H groups in total. The SMILES string of the molecule is Cc1ccc(NC(=O)c2sc3ccc(F)cc3c2C)cc1-n1nnnc1C. The Labute approximate surface area is 158 Å². The Hall–Kier alpha value is -3.13. The van der Waals surface area contributed by atoms with Gasteiger partial charge in [0.1, 0.15) is 5.82 Å². The van der Waals surface area contributed by atoms with Crippen LogP contribution >= 0.6 is 11.3 Å². The largest absolute Gasteiger partial charge is 0.321 e. The van der Waals surface area contributed by atoms with E-state index >= 15 is 0 Å². The van der Waals surface area contributed by atoms with E-state index in [1.807, 2.05) is 39.0 Å². The molecule has 136 valence electrons. The molecule has 2 heterocycles. The van der Waals surface area contributed by atoms with Crippen molar-refractivity contribution in [1.82, 2.24) is 20.2 Å². The molecule has 6 nitrogen and oxygen atoms in total. The van der Waals surface area contributed by atoms with E-state index in [9.17, 15) is 9.18 Å². The lowest BCUT2D eigenvalue weighted by Gasteiger charge is -2.10. The number of aryl methyl sites for hydroxylation is 3. The van der Waals surface area contributed by atoms with Crippen LogP contribution in [0.4, 0.5) is 10.1 Å². The molecule has 0 aliphatic heterocycles. The molecule has 2 aromatic heterocycles. The van der Waals surface area contributed by atoms with Gasteiger partial charge in [0, 0.05) is 10.4 Å². The highest BCUT2D eigenvalue weighted by Crippen LogP contribution is 2.32. The van der Waals surface area contributed by atoms with Crippen molar-refractivity contribution in [3.05, 3.63) is 64.0 Å². The van der Waals surface area contributed by atoms with Crippen LogP contribution in [0.1, 0.15) is 26.6 Å². The number of tetrazole rings is 1. The summed E-state index contributed by atoms with van der Waals surface area (Å²) in [4.78, 5) is 13.4. The maximum atomic E-state index is 13.5. The number of benzene rings is 2. The van der Waals surface area contributed by atoms with Crippen molar-refractivity contribution >= 4 is 33.0 Å². The lowest BCUT2D eigenvalue weighted by Crippen LogP contribution is -2.12. The number of halogens is 1. The van der Waals surface area contributed by atoms with E-state index in [1.54, 1.807) is 10.7 Å². The Kier molecular flexibility index (Phi) is 4.19. The summed E-state index contributed by atoms with van der Waals surface area (Å²) in [5.74, 6) is 0.122. The van der Waals surface area contributed by atoms with Crippen LogP contribution in [0, 0.1) is 26.6 Å². The maximum Gasteiger partial charge on any atom is 0.266 e. The van der Waals surface area contributed by atoms with Crippen molar-refractivity contribution in [2.75, 3.05) is 5.32 Å². The van der Waals surface area contributed by atoms with Crippen LogP contribution in [0.2, 0.25) is 0 Å². The fourth-order valence-corrected chi connectivity index (χ4v) is 4.05. The van der Waals surface area contributed by atoms with Crippen LogP contribution < -0.4 is 5.32 Å². The van der Waals surface area contributed by atoms with Crippen LogP contribution in [-0.2, 0) is 0 Å². The number of thiophene rings is 1. The van der Waals surface area contributed by atoms with Crippen molar-refractivity contribution < 1.29 is 9.18 Å². The summed E-state index contributed by atoms with van der Waals surface area (Å²) in [6.07, 6.45) is 0. The minimum absolute atomic E-state index is 0.225. The van der Waals surface area contributed by atoms with E-state index in [0.717, 1.165) is 26.9 Å². The number of hydrogen-bond acceptors (Lipinski definition) is 5. The average molecular weight is 381 g/mol. The van der Waals surface area contributed by atoms with Gasteiger partial charge in [-0.15, -0.1) is 16.4 Å². The van der Waals surface area contributed by atoms with E-state index in [-0.39, 0.29) is 11.7 Å². The third kappa shape index (κ3) is 3.08. The number of anilines is 1. The van der Waals surface area contributed by atoms with Gasteiger partial charge in [0.2, 0.25) is 0 Å². The predicted octanol–water partition coefficient (Wildman–Crippen LogP) is 4.19. The summed E-state index contributed by atoms with van der Waals surface area (Å²) in [6, 6.07) is 10.1. The number of carbonyl (C=O) groups excluding carboxylic acids is 1. The molecule has 0 bridgehead atoms. The highest BCUT2D eigenvalue weighted by molar-refractivity contribution is 7.21. The molecule has 0 fully saturated rings. The summed E-state index contributed by atoms with van der Waals surface area (Å²) in [7, 11) is 0. The number of fused-ring (bicyclic) bond motifs is 1. The molecule has 8 heteroatoms. The molecular weight excluding hydrogens is 365 g/mol. The number of amides is 1. The van der Waals surface area contributed by atoms with Crippen LogP contribution in [0.15, 0.2) is 36.4 Å². The number of rotatable bonds is 3. The van der Waals surface area contributed by atoms with Crippen LogP contribution in [0.3, 0.4) is 0 Å². The summed E-state index contributed by atoms with van der Waals surface area (Å²) in [5.41, 5.74) is 3.19. The number of carbonyl (C=O) groups is 1. The monoisotopic (exact) mass is 381 g/mol. The topological polar surface area (TPSA) is 72.7 Å². The molecule has 1 amide bonds. The van der Waals surface area contributed by atoms with E-state index in [2.05, 4.69) is 20.8 Å². The summed E-state index contributed by atoms with van der Waals surface area (Å²) >= 11 is 1.35. The first-order valence-electron chi connectivity index (χ1n) is 8.30. The third-order valence-corrected chi connectivity index (χ3v) is 5.70. The van der Waals surface area contributed by atoms with E-state index in [1.165, 1.54) is 23.5 Å². The lowest BCUT2D eigenvalue weighted by molar-refractivity contribution is 0.103. The summed E-state index contributed by atoms with van der Waals surface area (Å²) in [5, 5.41) is 15.2. The highest BCUT2D eigenvalue weighted by Gasteiger charge is 2.17. The first-order chi connectivity index (χ1) is 12.9. The zero-order chi connectivity index (χ0) is 19.1. The Balaban J connectivity index is 1.68. The third-order valence-electron chi connectivity index (χ3n) is 4.43. The second kappa shape index (κ2) is 6.55. The molecular formula is C19H16FN5OS. The Morgan fingerprint density at radius 3 is 2.70 bits per heavy atom. The van der Waals surface area contributed by atoms with Crippen molar-refractivity contribution in [3.8, 4) is 5.69 Å². The van der Waals surface area contributed by atoms with Gasteiger partial charge in [-0.05, 0) is 78.0 Å². The Bertz CT molecular complexity index is 1180. The van der Waals surface area contributed by atoms with E-state index in [4.69, 9.17) is 0 Å². The van der Waals surface area contributed by atoms with Gasteiger partial charge in [-0.25, -0.2) is 4.39 Å². The lowest BCUT2D eigenvalue weighted by atomic mass is 10.1. The first kappa shape index (κ1) is 17.3. The maximum absolute atomic E-state index is 13.5. The molecule has 0 aliphatic rings. The number of nitrogens with one attached hydrogen (secondary N) is 1. The van der Waals surface area contributed by atoms with Crippen LogP contribution in [0.5, 0.6) is 0 Å². The van der Waals surface area contributed by atoms with Gasteiger partial charge in [0.15, 0.2) is 5.82 Å². The molecule has 0 radical (unpaired) electrons. The first-order valence-corrected chi connectivity index (χ1v) is 9.11. The summed E-state index contributed by atoms with van der Waals surface area (Å²) in [6.45, 7) is 5.59. The second-order valence-electron chi connectivity index (χ2n) is 6.29. The molecule has 0 saturated heterocycles. The zero-order valence-corrected chi connectivity index (χ0v) is 15.8. The molecule has 27 heavy (non-hydrogen) atoms. The number of hydrogen-bond donors (Lipinski definition) is 1. The number of nitrogens with zero attached hydrogens (tertiary/aromatic N) is 4. The van der Waals surface area contributed by atoms with Crippen molar-refractivity contribution in [1.29, 1.82) is 0 Å². The van der Waals surface area contributed by atoms with Gasteiger partial charge in [0.25, 0.3) is 5.91 Å². The second-order valence-corrected chi connectivity index (χ2v) is 7.34. The molecule has 2 aromatic carbocycles. The molecule has 4 rings (SSSR count). The van der Waals surface area contributed by atoms with E-state index in [0.29, 0.717) is 16.4 Å². The normalized spacial score (nSPS) is 11.1. The van der Waals surface area contributed by atoms with Gasteiger partial charge in [-0.1, -0.05) is 6.07 Å². The zero-order valence-electron chi connectivity index (χ0n) is 14.9. The van der Waals surface area contributed by atoms with Gasteiger partial charge >= 0.3 is 0 Å². The molecule has 0 unspecified atom stereocenters. The quantitative estimate of drug-likeness (QED) is 0.577. The van der Waals surface area contributed by atoms with Gasteiger partial charge in [0.05, 0.1) is 10.6 Å². The highest BCUT2D eigenvalue weighted by atomic mass is 32.1. The molecule has 4 aromatic rings. The van der Waals surface area contributed by atoms with Crippen molar-refractivity contribution in [2.24, 2.45) is 0 Å². The molecule has 0 atom stereocenters. The smallest absolute Gasteiger partial charge is 0.266 e. The minimum atomic E-state index is -0.310. The standard InChI is InChI=1S/C19H16FN5OS/c1-10-4-6-14(9-16(10)25-12(3)22-23-24-25)21-19(26)18-11(2)15-8-13(20)5-7-17(15)27-18/h4-9H,1-3H3,(H,21,26). The molecule has 0 aliphatic carbocycles. The number of aromatic nitrogens is 4. The van der Waals surface area contributed by atoms with Crippen molar-refractivity contribution in [2.45, 2.75) is 20.8 Å². The van der Waals surface area contributed by atoms with Gasteiger partial charge in [-0.2, -0.15) is 4.68 Å². The van der Waals surface area contributed by atoms with Gasteiger partial charge < -0.3 is 5.32 Å². The summed E-state index contributed by atoms with van der Waals surface area (Å²) < 4.78 is 16.0. The fourth-order valence-electron chi connectivity index (χ4n) is 2.97. The molecule has 0 spiro atoms. The Morgan fingerprint density at radius 2 is 1.96 bits per heavy atom. The van der Waals surface area contributed by atoms with E-state index < -0.39 is 0 Å². The van der Waals surface area contributed by atoms with Crippen LogP contribution in [0.25, 0.3) is 15.8 Å². The van der Waals surface area contributed by atoms with Gasteiger partial charge in [-0.3, -0.25) is 4.79 Å². The minimum Gasteiger partial charge on any atom is -0.321 e. The fraction of sp³-hybridized carbons (Fsp3) is 0.158. The predicted molar refractivity (Wildman–Crippen MR) is 103 cm³/mol. The molecule has 0 saturated carbocycles. The van der Waals surface area contributed by atoms with Crippen LogP contribution in [-0.4, -0.2) is 26.1 Å². The Morgan fingerprint density at radius 1 is 1.15 bits per heavy atom. The van der Waals surface area contributed by atoms with Crippen molar-refractivity contribution in [3.63, 3.8) is 0 Å². The average Bonchev–Trinajstić information content (AvgIpc) is 3.20.